The van der Waals surface area contributed by atoms with Gasteiger partial charge in [0.25, 0.3) is 5.56 Å². The predicted octanol–water partition coefficient (Wildman–Crippen LogP) is 3.32. The van der Waals surface area contributed by atoms with Crippen LogP contribution in [-0.2, 0) is 11.3 Å². The number of piperazine rings is 1. The molecule has 0 spiro atoms. The standard InChI is InChI=1S/C23H26N4O2S/c1-14-3-5-16(6-4-14)19-15(2)30-22-20(19)21(28)24-18(25-22)13-26-9-11-27(12-10-26)23(29)17-7-8-17/h3-6,17H,7-13H2,1-2H3,(H,24,25,28). The number of thiophene rings is 1. The second-order valence-electron chi connectivity index (χ2n) is 8.47. The summed E-state index contributed by atoms with van der Waals surface area (Å²) in [6.45, 7) is 7.88. The Labute approximate surface area is 179 Å². The zero-order valence-corrected chi connectivity index (χ0v) is 18.2. The topological polar surface area (TPSA) is 69.3 Å². The lowest BCUT2D eigenvalue weighted by Crippen LogP contribution is -2.49. The monoisotopic (exact) mass is 422 g/mol. The van der Waals surface area contributed by atoms with Crippen molar-refractivity contribution >= 4 is 27.5 Å². The number of hydrogen-bond donors (Lipinski definition) is 1. The van der Waals surface area contributed by atoms with Crippen molar-refractivity contribution in [2.24, 2.45) is 5.92 Å². The van der Waals surface area contributed by atoms with E-state index < -0.39 is 0 Å². The Kier molecular flexibility index (Phi) is 4.95. The van der Waals surface area contributed by atoms with Crippen molar-refractivity contribution < 1.29 is 4.79 Å². The van der Waals surface area contributed by atoms with E-state index in [-0.39, 0.29) is 11.5 Å². The number of rotatable bonds is 4. The number of benzene rings is 1. The van der Waals surface area contributed by atoms with Gasteiger partial charge in [0.1, 0.15) is 10.7 Å². The van der Waals surface area contributed by atoms with Crippen LogP contribution in [0.5, 0.6) is 0 Å². The van der Waals surface area contributed by atoms with E-state index in [9.17, 15) is 9.59 Å². The normalized spacial score (nSPS) is 17.6. The van der Waals surface area contributed by atoms with E-state index in [0.29, 0.717) is 23.7 Å². The van der Waals surface area contributed by atoms with Crippen LogP contribution in [-0.4, -0.2) is 51.9 Å². The fraction of sp³-hybridized carbons (Fsp3) is 0.435. The molecule has 1 aliphatic carbocycles. The van der Waals surface area contributed by atoms with Crippen molar-refractivity contribution in [1.29, 1.82) is 0 Å². The highest BCUT2D eigenvalue weighted by Crippen LogP contribution is 2.35. The first kappa shape index (κ1) is 19.5. The van der Waals surface area contributed by atoms with Gasteiger partial charge in [0.2, 0.25) is 5.91 Å². The Balaban J connectivity index is 1.36. The van der Waals surface area contributed by atoms with Gasteiger partial charge in [-0.2, -0.15) is 0 Å². The number of aromatic amines is 1. The first-order chi connectivity index (χ1) is 14.5. The third kappa shape index (κ3) is 3.68. The summed E-state index contributed by atoms with van der Waals surface area (Å²) < 4.78 is 0. The summed E-state index contributed by atoms with van der Waals surface area (Å²) in [4.78, 5) is 39.2. The molecule has 7 heteroatoms. The Morgan fingerprint density at radius 1 is 1.13 bits per heavy atom. The van der Waals surface area contributed by atoms with Crippen LogP contribution < -0.4 is 5.56 Å². The maximum Gasteiger partial charge on any atom is 0.260 e. The lowest BCUT2D eigenvalue weighted by molar-refractivity contribution is -0.134. The number of carbonyl (C=O) groups excluding carboxylic acids is 1. The van der Waals surface area contributed by atoms with Crippen molar-refractivity contribution in [2.45, 2.75) is 33.2 Å². The molecule has 0 unspecified atom stereocenters. The van der Waals surface area contributed by atoms with Gasteiger partial charge in [-0.25, -0.2) is 4.98 Å². The molecule has 1 N–H and O–H groups in total. The number of nitrogens with one attached hydrogen (secondary N) is 1. The maximum absolute atomic E-state index is 13.0. The number of hydrogen-bond acceptors (Lipinski definition) is 5. The second kappa shape index (κ2) is 7.63. The molecule has 5 rings (SSSR count). The lowest BCUT2D eigenvalue weighted by Gasteiger charge is -2.34. The van der Waals surface area contributed by atoms with E-state index in [1.54, 1.807) is 11.3 Å². The van der Waals surface area contributed by atoms with Gasteiger partial charge in [-0.1, -0.05) is 29.8 Å². The molecule has 0 atom stereocenters. The van der Waals surface area contributed by atoms with Crippen LogP contribution in [0.4, 0.5) is 0 Å². The SMILES string of the molecule is Cc1ccc(-c2c(C)sc3nc(CN4CCN(C(=O)C5CC5)CC4)[nH]c(=O)c23)cc1. The minimum atomic E-state index is -0.0718. The first-order valence-electron chi connectivity index (χ1n) is 10.6. The number of carbonyl (C=O) groups is 1. The van der Waals surface area contributed by atoms with Crippen molar-refractivity contribution in [3.63, 3.8) is 0 Å². The van der Waals surface area contributed by atoms with Gasteiger partial charge in [-0.05, 0) is 32.3 Å². The van der Waals surface area contributed by atoms with Gasteiger partial charge in [0.15, 0.2) is 0 Å². The van der Waals surface area contributed by atoms with Gasteiger partial charge in [0, 0.05) is 42.5 Å². The summed E-state index contributed by atoms with van der Waals surface area (Å²) in [5.74, 6) is 1.30. The Morgan fingerprint density at radius 3 is 2.50 bits per heavy atom. The first-order valence-corrected chi connectivity index (χ1v) is 11.4. The number of nitrogens with zero attached hydrogens (tertiary/aromatic N) is 3. The lowest BCUT2D eigenvalue weighted by atomic mass is 10.0. The fourth-order valence-corrected chi connectivity index (χ4v) is 5.30. The maximum atomic E-state index is 13.0. The molecule has 2 fully saturated rings. The molecule has 156 valence electrons. The van der Waals surface area contributed by atoms with Crippen LogP contribution >= 0.6 is 11.3 Å². The van der Waals surface area contributed by atoms with Crippen LogP contribution in [0.3, 0.4) is 0 Å². The third-order valence-electron chi connectivity index (χ3n) is 6.11. The minimum absolute atomic E-state index is 0.0718. The minimum Gasteiger partial charge on any atom is -0.340 e. The predicted molar refractivity (Wildman–Crippen MR) is 120 cm³/mol. The van der Waals surface area contributed by atoms with Crippen molar-refractivity contribution in [3.05, 3.63) is 50.9 Å². The van der Waals surface area contributed by atoms with Crippen LogP contribution in [0.25, 0.3) is 21.3 Å². The molecule has 2 aliphatic rings. The van der Waals surface area contributed by atoms with Gasteiger partial charge >= 0.3 is 0 Å². The number of aryl methyl sites for hydroxylation is 2. The summed E-state index contributed by atoms with van der Waals surface area (Å²) in [5, 5.41) is 0.685. The van der Waals surface area contributed by atoms with E-state index in [2.05, 4.69) is 48.0 Å². The average molecular weight is 423 g/mol. The summed E-state index contributed by atoms with van der Waals surface area (Å²) in [7, 11) is 0. The summed E-state index contributed by atoms with van der Waals surface area (Å²) >= 11 is 1.58. The fourth-order valence-electron chi connectivity index (χ4n) is 4.23. The summed E-state index contributed by atoms with van der Waals surface area (Å²) in [6, 6.07) is 8.28. The van der Waals surface area contributed by atoms with Crippen molar-refractivity contribution in [2.75, 3.05) is 26.2 Å². The Bertz CT molecular complexity index is 1150. The summed E-state index contributed by atoms with van der Waals surface area (Å²) in [6.07, 6.45) is 2.10. The molecule has 3 aromatic rings. The molecule has 1 saturated heterocycles. The van der Waals surface area contributed by atoms with Crippen LogP contribution in [0, 0.1) is 19.8 Å². The third-order valence-corrected chi connectivity index (χ3v) is 7.11. The Morgan fingerprint density at radius 2 is 1.83 bits per heavy atom. The van der Waals surface area contributed by atoms with E-state index >= 15 is 0 Å². The molecule has 0 bridgehead atoms. The number of fused-ring (bicyclic) bond motifs is 1. The zero-order chi connectivity index (χ0) is 20.8. The largest absolute Gasteiger partial charge is 0.340 e. The highest BCUT2D eigenvalue weighted by molar-refractivity contribution is 7.19. The van der Waals surface area contributed by atoms with Gasteiger partial charge in [0.05, 0.1) is 11.9 Å². The van der Waals surface area contributed by atoms with Crippen molar-refractivity contribution in [1.82, 2.24) is 19.8 Å². The molecule has 2 aromatic heterocycles. The zero-order valence-electron chi connectivity index (χ0n) is 17.4. The molecular weight excluding hydrogens is 396 g/mol. The second-order valence-corrected chi connectivity index (χ2v) is 9.67. The number of amides is 1. The van der Waals surface area contributed by atoms with E-state index in [1.807, 2.05) is 4.90 Å². The van der Waals surface area contributed by atoms with Gasteiger partial charge in [-0.3, -0.25) is 14.5 Å². The van der Waals surface area contributed by atoms with Crippen LogP contribution in [0.1, 0.15) is 29.1 Å². The quantitative estimate of drug-likeness (QED) is 0.700. The van der Waals surface area contributed by atoms with E-state index in [4.69, 9.17) is 4.98 Å². The van der Waals surface area contributed by atoms with Crippen LogP contribution in [0.2, 0.25) is 0 Å². The average Bonchev–Trinajstić information content (AvgIpc) is 3.52. The molecule has 30 heavy (non-hydrogen) atoms. The number of aromatic nitrogens is 2. The molecule has 1 saturated carbocycles. The highest BCUT2D eigenvalue weighted by atomic mass is 32.1. The highest BCUT2D eigenvalue weighted by Gasteiger charge is 2.34. The molecule has 6 nitrogen and oxygen atoms in total. The smallest absolute Gasteiger partial charge is 0.260 e. The van der Waals surface area contributed by atoms with Crippen molar-refractivity contribution in [3.8, 4) is 11.1 Å². The Hall–Kier alpha value is -2.51. The molecule has 3 heterocycles. The number of H-pyrrole nitrogens is 1. The van der Waals surface area contributed by atoms with Crippen LogP contribution in [0.15, 0.2) is 29.1 Å². The van der Waals surface area contributed by atoms with E-state index in [0.717, 1.165) is 59.9 Å². The van der Waals surface area contributed by atoms with Gasteiger partial charge < -0.3 is 9.88 Å². The molecule has 1 amide bonds. The molecule has 1 aliphatic heterocycles. The molecular formula is C23H26N4O2S. The molecule has 0 radical (unpaired) electrons. The van der Waals surface area contributed by atoms with Gasteiger partial charge in [-0.15, -0.1) is 11.3 Å². The van der Waals surface area contributed by atoms with E-state index in [1.165, 1.54) is 5.56 Å². The summed E-state index contributed by atoms with van der Waals surface area (Å²) in [5.41, 5.74) is 3.17. The molecule has 1 aromatic carbocycles.